The lowest BCUT2D eigenvalue weighted by molar-refractivity contribution is 0.102. The van der Waals surface area contributed by atoms with Crippen molar-refractivity contribution in [2.75, 3.05) is 26.6 Å². The van der Waals surface area contributed by atoms with Gasteiger partial charge >= 0.3 is 6.03 Å². The van der Waals surface area contributed by atoms with Gasteiger partial charge in [0, 0.05) is 29.4 Å². The van der Waals surface area contributed by atoms with Gasteiger partial charge in [0.05, 0.1) is 26.0 Å². The zero-order valence-corrected chi connectivity index (χ0v) is 20.5. The van der Waals surface area contributed by atoms with E-state index < -0.39 is 0 Å². The number of halogens is 1. The summed E-state index contributed by atoms with van der Waals surface area (Å²) in [5.41, 5.74) is 3.93. The summed E-state index contributed by atoms with van der Waals surface area (Å²) >= 11 is 0. The number of rotatable bonds is 5. The van der Waals surface area contributed by atoms with Gasteiger partial charge in [0.2, 0.25) is 0 Å². The number of hydrogen-bond acceptors (Lipinski definition) is 5. The van der Waals surface area contributed by atoms with Crippen LogP contribution < -0.4 is 20.1 Å². The number of hydrazone groups is 1. The highest BCUT2D eigenvalue weighted by molar-refractivity contribution is 6.15. The van der Waals surface area contributed by atoms with Crippen molar-refractivity contribution in [3.8, 4) is 11.5 Å². The van der Waals surface area contributed by atoms with Gasteiger partial charge in [-0.15, -0.1) is 0 Å². The highest BCUT2D eigenvalue weighted by Gasteiger charge is 2.28. The minimum absolute atomic E-state index is 0.222. The van der Waals surface area contributed by atoms with Crippen molar-refractivity contribution >= 4 is 23.3 Å². The van der Waals surface area contributed by atoms with E-state index in [-0.39, 0.29) is 23.8 Å². The van der Waals surface area contributed by atoms with Crippen molar-refractivity contribution in [2.24, 2.45) is 5.10 Å². The number of benzene rings is 3. The highest BCUT2D eigenvalue weighted by atomic mass is 19.1. The predicted octanol–water partition coefficient (Wildman–Crippen LogP) is 4.43. The van der Waals surface area contributed by atoms with E-state index in [0.717, 1.165) is 11.1 Å². The molecule has 0 fully saturated rings. The second-order valence-electron chi connectivity index (χ2n) is 8.30. The molecule has 0 radical (unpaired) electrons. The third kappa shape index (κ3) is 5.00. The van der Waals surface area contributed by atoms with Crippen molar-refractivity contribution < 1.29 is 23.5 Å². The zero-order valence-electron chi connectivity index (χ0n) is 20.5. The molecule has 4 rings (SSSR count). The van der Waals surface area contributed by atoms with Gasteiger partial charge in [0.1, 0.15) is 5.82 Å². The third-order valence-corrected chi connectivity index (χ3v) is 5.95. The van der Waals surface area contributed by atoms with Crippen LogP contribution in [0.4, 0.5) is 14.9 Å². The zero-order chi connectivity index (χ0) is 25.8. The van der Waals surface area contributed by atoms with E-state index >= 15 is 0 Å². The summed E-state index contributed by atoms with van der Waals surface area (Å²) in [6.07, 6.45) is 0.550. The molecule has 186 valence electrons. The van der Waals surface area contributed by atoms with Gasteiger partial charge in [-0.25, -0.2) is 14.2 Å². The number of nitrogens with one attached hydrogen (secondary N) is 2. The third-order valence-electron chi connectivity index (χ3n) is 5.95. The summed E-state index contributed by atoms with van der Waals surface area (Å²) < 4.78 is 24.2. The Bertz CT molecular complexity index is 1310. The number of hydrogen-bond donors (Lipinski definition) is 2. The molecule has 0 bridgehead atoms. The molecule has 1 heterocycles. The first-order chi connectivity index (χ1) is 17.3. The van der Waals surface area contributed by atoms with Crippen LogP contribution in [0.1, 0.15) is 34.0 Å². The number of anilines is 1. The Kier molecular flexibility index (Phi) is 7.19. The van der Waals surface area contributed by atoms with Crippen LogP contribution >= 0.6 is 0 Å². The van der Waals surface area contributed by atoms with Crippen LogP contribution in [0.2, 0.25) is 0 Å². The fourth-order valence-electron chi connectivity index (χ4n) is 4.06. The molecule has 0 spiro atoms. The molecule has 1 unspecified atom stereocenters. The molecule has 3 amide bonds. The fourth-order valence-corrected chi connectivity index (χ4v) is 4.06. The lowest BCUT2D eigenvalue weighted by atomic mass is 9.93. The van der Waals surface area contributed by atoms with E-state index in [0.29, 0.717) is 40.4 Å². The Labute approximate surface area is 208 Å². The van der Waals surface area contributed by atoms with Gasteiger partial charge in [-0.3, -0.25) is 4.79 Å². The second-order valence-corrected chi connectivity index (χ2v) is 8.30. The maximum atomic E-state index is 13.1. The first-order valence-corrected chi connectivity index (χ1v) is 11.4. The predicted molar refractivity (Wildman–Crippen MR) is 135 cm³/mol. The quantitative estimate of drug-likeness (QED) is 0.553. The number of fused-ring (bicyclic) bond motifs is 1. The lowest BCUT2D eigenvalue weighted by Crippen LogP contribution is -2.41. The van der Waals surface area contributed by atoms with Crippen LogP contribution in [0.15, 0.2) is 65.8 Å². The Hall–Kier alpha value is -4.40. The van der Waals surface area contributed by atoms with Crippen molar-refractivity contribution in [2.45, 2.75) is 19.4 Å². The van der Waals surface area contributed by atoms with E-state index in [9.17, 15) is 14.0 Å². The number of carbonyl (C=O) groups excluding carboxylic acids is 2. The summed E-state index contributed by atoms with van der Waals surface area (Å²) in [4.78, 5) is 25.3. The van der Waals surface area contributed by atoms with E-state index in [1.54, 1.807) is 45.5 Å². The average molecular weight is 491 g/mol. The van der Waals surface area contributed by atoms with Gasteiger partial charge in [-0.2, -0.15) is 5.10 Å². The highest BCUT2D eigenvalue weighted by Crippen LogP contribution is 2.34. The molecule has 2 N–H and O–H groups in total. The van der Waals surface area contributed by atoms with E-state index in [1.807, 2.05) is 19.1 Å². The van der Waals surface area contributed by atoms with Gasteiger partial charge in [0.15, 0.2) is 11.5 Å². The monoisotopic (exact) mass is 490 g/mol. The number of ether oxygens (including phenoxy) is 2. The van der Waals surface area contributed by atoms with Crippen molar-refractivity contribution in [3.05, 3.63) is 88.7 Å². The summed E-state index contributed by atoms with van der Waals surface area (Å²) in [6.45, 7) is 1.92. The molecule has 1 aliphatic rings. The summed E-state index contributed by atoms with van der Waals surface area (Å²) in [6, 6.07) is 15.6. The SMILES string of the molecule is CNC(=O)N1N=C(c2ccc(C(=O)Nc3ccc(F)cc3)cc2)c2cc(OC)c(OC)cc2CC1C. The molecule has 9 heteroatoms. The molecule has 0 saturated heterocycles. The second kappa shape index (κ2) is 10.5. The lowest BCUT2D eigenvalue weighted by Gasteiger charge is -2.22. The van der Waals surface area contributed by atoms with Crippen LogP contribution in [-0.4, -0.2) is 50.0 Å². The Morgan fingerprint density at radius 3 is 2.25 bits per heavy atom. The van der Waals surface area contributed by atoms with Gasteiger partial charge in [-0.05, 0) is 67.4 Å². The van der Waals surface area contributed by atoms with Crippen LogP contribution in [-0.2, 0) is 6.42 Å². The smallest absolute Gasteiger partial charge is 0.337 e. The molecule has 36 heavy (non-hydrogen) atoms. The minimum atomic E-state index is -0.379. The molecule has 0 saturated carbocycles. The molecule has 8 nitrogen and oxygen atoms in total. The van der Waals surface area contributed by atoms with Crippen molar-refractivity contribution in [1.82, 2.24) is 10.3 Å². The average Bonchev–Trinajstić information content (AvgIpc) is 3.04. The maximum Gasteiger partial charge on any atom is 0.337 e. The summed E-state index contributed by atoms with van der Waals surface area (Å²) in [7, 11) is 4.69. The molecule has 3 aromatic carbocycles. The first kappa shape index (κ1) is 24.7. The van der Waals surface area contributed by atoms with Crippen LogP contribution in [0, 0.1) is 5.82 Å². The van der Waals surface area contributed by atoms with E-state index in [4.69, 9.17) is 14.6 Å². The van der Waals surface area contributed by atoms with Crippen LogP contribution in [0.25, 0.3) is 0 Å². The molecular formula is C27H27FN4O4. The molecule has 3 aromatic rings. The largest absolute Gasteiger partial charge is 0.493 e. The molecule has 0 aliphatic carbocycles. The van der Waals surface area contributed by atoms with Gasteiger partial charge in [0.25, 0.3) is 5.91 Å². The topological polar surface area (TPSA) is 92.3 Å². The van der Waals surface area contributed by atoms with Gasteiger partial charge in [-0.1, -0.05) is 12.1 Å². The van der Waals surface area contributed by atoms with E-state index in [1.165, 1.54) is 29.3 Å². The van der Waals surface area contributed by atoms with Crippen LogP contribution in [0.3, 0.4) is 0 Å². The van der Waals surface area contributed by atoms with Crippen molar-refractivity contribution in [3.63, 3.8) is 0 Å². The number of methoxy groups -OCH3 is 2. The molecular weight excluding hydrogens is 463 g/mol. The van der Waals surface area contributed by atoms with E-state index in [2.05, 4.69) is 10.6 Å². The number of nitrogens with zero attached hydrogens (tertiary/aromatic N) is 2. The minimum Gasteiger partial charge on any atom is -0.493 e. The summed E-state index contributed by atoms with van der Waals surface area (Å²) in [5, 5.41) is 11.5. The Morgan fingerprint density at radius 2 is 1.64 bits per heavy atom. The first-order valence-electron chi connectivity index (χ1n) is 11.4. The molecule has 1 atom stereocenters. The molecule has 0 aromatic heterocycles. The Balaban J connectivity index is 1.73. The normalized spacial score (nSPS) is 14.8. The summed E-state index contributed by atoms with van der Waals surface area (Å²) in [5.74, 6) is 0.420. The van der Waals surface area contributed by atoms with Crippen LogP contribution in [0.5, 0.6) is 11.5 Å². The van der Waals surface area contributed by atoms with Gasteiger partial charge < -0.3 is 20.1 Å². The fraction of sp³-hybridized carbons (Fsp3) is 0.222. The maximum absolute atomic E-state index is 13.1. The Morgan fingerprint density at radius 1 is 1.00 bits per heavy atom. The standard InChI is InChI=1S/C27H27FN4O4/c1-16-13-19-14-23(35-3)24(36-4)15-22(19)25(31-32(16)27(34)29-2)17-5-7-18(8-6-17)26(33)30-21-11-9-20(28)10-12-21/h5-12,14-16H,13H2,1-4H3,(H,29,34)(H,30,33). The molecule has 1 aliphatic heterocycles. The van der Waals surface area contributed by atoms with Crippen molar-refractivity contribution in [1.29, 1.82) is 0 Å². The number of carbonyl (C=O) groups is 2. The number of amides is 3. The number of urea groups is 1.